The van der Waals surface area contributed by atoms with Crippen LogP contribution in [0.25, 0.3) is 5.57 Å². The molecule has 1 amide bonds. The second kappa shape index (κ2) is 5.66. The van der Waals surface area contributed by atoms with Crippen LogP contribution in [0.15, 0.2) is 65.1 Å². The highest BCUT2D eigenvalue weighted by molar-refractivity contribution is 7.92. The van der Waals surface area contributed by atoms with Gasteiger partial charge in [0.15, 0.2) is 5.37 Å². The molecule has 0 fully saturated rings. The number of hydrogen-bond donors (Lipinski definition) is 1. The lowest BCUT2D eigenvalue weighted by atomic mass is 10.0. The van der Waals surface area contributed by atoms with Crippen LogP contribution in [0.4, 0.5) is 0 Å². The van der Waals surface area contributed by atoms with Crippen molar-refractivity contribution in [2.24, 2.45) is 0 Å². The monoisotopic (exact) mass is 327 g/mol. The molecule has 0 radical (unpaired) electrons. The molecule has 0 spiro atoms. The zero-order chi connectivity index (χ0) is 16.6. The third-order valence-electron chi connectivity index (χ3n) is 4.00. The van der Waals surface area contributed by atoms with Gasteiger partial charge in [-0.15, -0.1) is 0 Å². The highest BCUT2D eigenvalue weighted by Gasteiger charge is 2.38. The van der Waals surface area contributed by atoms with Crippen molar-refractivity contribution >= 4 is 21.3 Å². The van der Waals surface area contributed by atoms with E-state index in [1.807, 2.05) is 25.1 Å². The van der Waals surface area contributed by atoms with E-state index in [-0.39, 0.29) is 10.8 Å². The Kier molecular flexibility index (Phi) is 3.82. The second-order valence-corrected chi connectivity index (χ2v) is 7.67. The smallest absolute Gasteiger partial charge is 0.253 e. The standard InChI is InChI=1S/C18H17NO3S/c1-12-8-10-15(11-9-12)23(21,22)18-13(2)16(17(20)19-18)14-6-4-3-5-7-14/h3-11,18H,1-2H3,(H,19,20). The van der Waals surface area contributed by atoms with Crippen LogP contribution in [0, 0.1) is 6.92 Å². The van der Waals surface area contributed by atoms with E-state index in [1.165, 1.54) is 0 Å². The molecule has 0 saturated heterocycles. The van der Waals surface area contributed by atoms with E-state index in [4.69, 9.17) is 0 Å². The number of aryl methyl sites for hydroxylation is 1. The summed E-state index contributed by atoms with van der Waals surface area (Å²) in [6, 6.07) is 15.8. The first-order valence-corrected chi connectivity index (χ1v) is 8.83. The summed E-state index contributed by atoms with van der Waals surface area (Å²) in [6.45, 7) is 3.59. The minimum atomic E-state index is -3.67. The van der Waals surface area contributed by atoms with Gasteiger partial charge >= 0.3 is 0 Å². The van der Waals surface area contributed by atoms with Crippen LogP contribution in [0.3, 0.4) is 0 Å². The number of carbonyl (C=O) groups excluding carboxylic acids is 1. The van der Waals surface area contributed by atoms with Crippen LogP contribution >= 0.6 is 0 Å². The number of nitrogens with one attached hydrogen (secondary N) is 1. The summed E-state index contributed by atoms with van der Waals surface area (Å²) < 4.78 is 25.7. The van der Waals surface area contributed by atoms with Crippen molar-refractivity contribution in [2.75, 3.05) is 0 Å². The summed E-state index contributed by atoms with van der Waals surface area (Å²) in [6.07, 6.45) is 0. The molecule has 0 aromatic heterocycles. The summed E-state index contributed by atoms with van der Waals surface area (Å²) >= 11 is 0. The summed E-state index contributed by atoms with van der Waals surface area (Å²) in [4.78, 5) is 12.5. The van der Waals surface area contributed by atoms with Gasteiger partial charge in [-0.1, -0.05) is 48.0 Å². The largest absolute Gasteiger partial charge is 0.332 e. The molecule has 118 valence electrons. The molecule has 1 aliphatic heterocycles. The molecular weight excluding hydrogens is 310 g/mol. The first-order chi connectivity index (χ1) is 10.9. The second-order valence-electron chi connectivity index (χ2n) is 5.64. The number of benzene rings is 2. The van der Waals surface area contributed by atoms with Crippen LogP contribution in [-0.4, -0.2) is 19.7 Å². The first kappa shape index (κ1) is 15.5. The Morgan fingerprint density at radius 3 is 2.13 bits per heavy atom. The fraction of sp³-hybridized carbons (Fsp3) is 0.167. The van der Waals surface area contributed by atoms with E-state index in [0.717, 1.165) is 11.1 Å². The summed E-state index contributed by atoms with van der Waals surface area (Å²) in [5.41, 5.74) is 2.67. The zero-order valence-electron chi connectivity index (χ0n) is 12.9. The molecule has 1 heterocycles. The molecule has 0 bridgehead atoms. The van der Waals surface area contributed by atoms with Crippen LogP contribution in [-0.2, 0) is 14.6 Å². The molecule has 1 aliphatic rings. The number of sulfone groups is 1. The number of hydrogen-bond acceptors (Lipinski definition) is 3. The fourth-order valence-electron chi connectivity index (χ4n) is 2.75. The Hall–Kier alpha value is -2.40. The molecule has 0 saturated carbocycles. The average molecular weight is 327 g/mol. The Balaban J connectivity index is 2.06. The minimum absolute atomic E-state index is 0.210. The van der Waals surface area contributed by atoms with E-state index < -0.39 is 15.2 Å². The lowest BCUT2D eigenvalue weighted by Crippen LogP contribution is -2.35. The van der Waals surface area contributed by atoms with Crippen molar-refractivity contribution in [3.05, 3.63) is 71.3 Å². The molecule has 2 aromatic carbocycles. The number of rotatable bonds is 3. The molecule has 0 aliphatic carbocycles. The van der Waals surface area contributed by atoms with Crippen molar-refractivity contribution in [1.82, 2.24) is 5.32 Å². The molecule has 23 heavy (non-hydrogen) atoms. The molecule has 2 aromatic rings. The van der Waals surface area contributed by atoms with Gasteiger partial charge in [0.1, 0.15) is 0 Å². The summed E-state index contributed by atoms with van der Waals surface area (Å²) in [7, 11) is -3.67. The van der Waals surface area contributed by atoms with Gasteiger partial charge in [-0.05, 0) is 37.1 Å². The Labute approximate surface area is 135 Å². The zero-order valence-corrected chi connectivity index (χ0v) is 13.7. The molecule has 1 atom stereocenters. The lowest BCUT2D eigenvalue weighted by Gasteiger charge is -2.14. The maximum Gasteiger partial charge on any atom is 0.253 e. The van der Waals surface area contributed by atoms with Gasteiger partial charge in [-0.2, -0.15) is 0 Å². The molecule has 1 unspecified atom stereocenters. The Morgan fingerprint density at radius 2 is 1.52 bits per heavy atom. The maximum absolute atomic E-state index is 12.8. The van der Waals surface area contributed by atoms with E-state index in [1.54, 1.807) is 43.3 Å². The third kappa shape index (κ3) is 2.68. The molecule has 3 rings (SSSR count). The Morgan fingerprint density at radius 1 is 0.913 bits per heavy atom. The van der Waals surface area contributed by atoms with Gasteiger partial charge in [0.25, 0.3) is 5.91 Å². The van der Waals surface area contributed by atoms with Gasteiger partial charge in [-0.3, -0.25) is 4.79 Å². The van der Waals surface area contributed by atoms with Crippen molar-refractivity contribution in [3.8, 4) is 0 Å². The highest BCUT2D eigenvalue weighted by atomic mass is 32.2. The summed E-state index contributed by atoms with van der Waals surface area (Å²) in [5.74, 6) is -0.352. The van der Waals surface area contributed by atoms with Crippen molar-refractivity contribution < 1.29 is 13.2 Å². The normalized spacial score (nSPS) is 18.2. The number of amides is 1. The average Bonchev–Trinajstić information content (AvgIpc) is 2.84. The van der Waals surface area contributed by atoms with Crippen molar-refractivity contribution in [2.45, 2.75) is 24.1 Å². The minimum Gasteiger partial charge on any atom is -0.332 e. The molecule has 4 nitrogen and oxygen atoms in total. The van der Waals surface area contributed by atoms with Gasteiger partial charge in [0.2, 0.25) is 9.84 Å². The van der Waals surface area contributed by atoms with Crippen LogP contribution in [0.2, 0.25) is 0 Å². The maximum atomic E-state index is 12.8. The molecule has 1 N–H and O–H groups in total. The molecule has 5 heteroatoms. The van der Waals surface area contributed by atoms with Gasteiger partial charge in [0, 0.05) is 5.57 Å². The van der Waals surface area contributed by atoms with Gasteiger partial charge in [-0.25, -0.2) is 8.42 Å². The van der Waals surface area contributed by atoms with Crippen molar-refractivity contribution in [3.63, 3.8) is 0 Å². The number of carbonyl (C=O) groups is 1. The topological polar surface area (TPSA) is 63.2 Å². The van der Waals surface area contributed by atoms with E-state index >= 15 is 0 Å². The predicted molar refractivity (Wildman–Crippen MR) is 89.3 cm³/mol. The van der Waals surface area contributed by atoms with E-state index in [9.17, 15) is 13.2 Å². The highest BCUT2D eigenvalue weighted by Crippen LogP contribution is 2.31. The van der Waals surface area contributed by atoms with Crippen LogP contribution in [0.5, 0.6) is 0 Å². The summed E-state index contributed by atoms with van der Waals surface area (Å²) in [5, 5.41) is 1.58. The van der Waals surface area contributed by atoms with Gasteiger partial charge < -0.3 is 5.32 Å². The van der Waals surface area contributed by atoms with Gasteiger partial charge in [0.05, 0.1) is 4.90 Å². The Bertz CT molecular complexity index is 882. The lowest BCUT2D eigenvalue weighted by molar-refractivity contribution is -0.115. The SMILES string of the molecule is CC1=C(c2ccccc2)C(=O)NC1S(=O)(=O)c1ccc(C)cc1. The quantitative estimate of drug-likeness (QED) is 0.943. The third-order valence-corrected chi connectivity index (χ3v) is 6.02. The van der Waals surface area contributed by atoms with Crippen molar-refractivity contribution in [1.29, 1.82) is 0 Å². The van der Waals surface area contributed by atoms with Crippen LogP contribution in [0.1, 0.15) is 18.1 Å². The first-order valence-electron chi connectivity index (χ1n) is 7.29. The molecular formula is C18H17NO3S. The van der Waals surface area contributed by atoms with E-state index in [2.05, 4.69) is 5.32 Å². The fourth-order valence-corrected chi connectivity index (χ4v) is 4.38. The van der Waals surface area contributed by atoms with E-state index in [0.29, 0.717) is 11.1 Å². The van der Waals surface area contributed by atoms with Crippen LogP contribution < -0.4 is 5.32 Å². The predicted octanol–water partition coefficient (Wildman–Crippen LogP) is 2.70.